The molecule has 8 heteroatoms. The molecule has 0 spiro atoms. The van der Waals surface area contributed by atoms with Gasteiger partial charge in [0.1, 0.15) is 12.3 Å². The van der Waals surface area contributed by atoms with Gasteiger partial charge in [0, 0.05) is 19.3 Å². The maximum absolute atomic E-state index is 5.70. The smallest absolute Gasteiger partial charge is 0.191 e. The van der Waals surface area contributed by atoms with Gasteiger partial charge in [-0.2, -0.15) is 0 Å². The highest BCUT2D eigenvalue weighted by molar-refractivity contribution is 5.79. The van der Waals surface area contributed by atoms with Crippen molar-refractivity contribution in [3.05, 3.63) is 54.4 Å². The average Bonchev–Trinajstić information content (AvgIpc) is 3.48. The summed E-state index contributed by atoms with van der Waals surface area (Å²) in [6.45, 7) is 6.25. The number of furan rings is 1. The van der Waals surface area contributed by atoms with E-state index in [4.69, 9.17) is 9.41 Å². The van der Waals surface area contributed by atoms with Gasteiger partial charge in [0.05, 0.1) is 12.3 Å². The van der Waals surface area contributed by atoms with E-state index in [0.29, 0.717) is 6.54 Å². The molecule has 1 fully saturated rings. The molecule has 1 aliphatic heterocycles. The zero-order chi connectivity index (χ0) is 19.2. The molecule has 0 aliphatic carbocycles. The summed E-state index contributed by atoms with van der Waals surface area (Å²) in [5.41, 5.74) is 0.831. The number of pyridine rings is 1. The summed E-state index contributed by atoms with van der Waals surface area (Å²) in [6, 6.07) is 10.1. The van der Waals surface area contributed by atoms with Crippen molar-refractivity contribution >= 4 is 11.6 Å². The predicted molar refractivity (Wildman–Crippen MR) is 108 cm³/mol. The van der Waals surface area contributed by atoms with Crippen LogP contribution in [0.1, 0.15) is 37.4 Å². The van der Waals surface area contributed by atoms with Gasteiger partial charge in [0.25, 0.3) is 0 Å². The Balaban J connectivity index is 1.45. The van der Waals surface area contributed by atoms with E-state index in [0.717, 1.165) is 49.4 Å². The first kappa shape index (κ1) is 18.5. The molecule has 4 heterocycles. The van der Waals surface area contributed by atoms with Crippen LogP contribution in [0.2, 0.25) is 0 Å². The van der Waals surface area contributed by atoms with Gasteiger partial charge in [-0.25, -0.2) is 4.99 Å². The number of hydrogen-bond donors (Lipinski definition) is 2. The first-order valence-electron chi connectivity index (χ1n) is 9.93. The molecule has 1 unspecified atom stereocenters. The van der Waals surface area contributed by atoms with Gasteiger partial charge in [-0.1, -0.05) is 6.07 Å². The summed E-state index contributed by atoms with van der Waals surface area (Å²) in [7, 11) is 0. The Morgan fingerprint density at radius 1 is 1.18 bits per heavy atom. The molecule has 0 bridgehead atoms. The topological polar surface area (TPSA) is 83.0 Å². The molecule has 8 nitrogen and oxygen atoms in total. The van der Waals surface area contributed by atoms with Crippen molar-refractivity contribution < 1.29 is 4.42 Å². The Morgan fingerprint density at radius 2 is 2.07 bits per heavy atom. The minimum Gasteiger partial charge on any atom is -0.468 e. The van der Waals surface area contributed by atoms with Crippen LogP contribution in [-0.4, -0.2) is 51.6 Å². The maximum Gasteiger partial charge on any atom is 0.191 e. The molecule has 0 saturated carbocycles. The molecule has 3 aromatic rings. The van der Waals surface area contributed by atoms with Gasteiger partial charge in [-0.15, -0.1) is 10.2 Å². The first-order valence-corrected chi connectivity index (χ1v) is 9.93. The SMILES string of the molecule is CCNC(=NCc1nnc2ccccn12)NCC(c1ccco1)N1CCCC1. The van der Waals surface area contributed by atoms with Crippen LogP contribution in [0.3, 0.4) is 0 Å². The summed E-state index contributed by atoms with van der Waals surface area (Å²) in [4.78, 5) is 7.18. The molecular weight excluding hydrogens is 354 g/mol. The van der Waals surface area contributed by atoms with Gasteiger partial charge in [-0.05, 0) is 57.1 Å². The molecule has 0 amide bonds. The zero-order valence-corrected chi connectivity index (χ0v) is 16.2. The second-order valence-corrected chi connectivity index (χ2v) is 6.90. The molecule has 28 heavy (non-hydrogen) atoms. The molecule has 1 atom stereocenters. The number of nitrogens with zero attached hydrogens (tertiary/aromatic N) is 5. The monoisotopic (exact) mass is 381 g/mol. The predicted octanol–water partition coefficient (Wildman–Crippen LogP) is 2.21. The molecule has 4 rings (SSSR count). The molecule has 2 N–H and O–H groups in total. The van der Waals surface area contributed by atoms with Crippen LogP contribution in [0.25, 0.3) is 5.65 Å². The molecule has 0 aromatic carbocycles. The highest BCUT2D eigenvalue weighted by Crippen LogP contribution is 2.24. The lowest BCUT2D eigenvalue weighted by molar-refractivity contribution is 0.215. The number of likely N-dealkylation sites (tertiary alicyclic amines) is 1. The number of aliphatic imine (C=N–C) groups is 1. The summed E-state index contributed by atoms with van der Waals surface area (Å²) < 4.78 is 7.67. The van der Waals surface area contributed by atoms with E-state index in [2.05, 4.69) is 38.7 Å². The van der Waals surface area contributed by atoms with E-state index in [1.54, 1.807) is 6.26 Å². The largest absolute Gasteiger partial charge is 0.468 e. The van der Waals surface area contributed by atoms with E-state index in [1.807, 2.05) is 34.9 Å². The summed E-state index contributed by atoms with van der Waals surface area (Å²) in [5, 5.41) is 15.2. The molecule has 3 aromatic heterocycles. The van der Waals surface area contributed by atoms with Crippen LogP contribution < -0.4 is 10.6 Å². The lowest BCUT2D eigenvalue weighted by Crippen LogP contribution is -2.42. The van der Waals surface area contributed by atoms with Gasteiger partial charge in [0.15, 0.2) is 17.4 Å². The highest BCUT2D eigenvalue weighted by atomic mass is 16.3. The van der Waals surface area contributed by atoms with Crippen LogP contribution in [0, 0.1) is 0 Å². The number of nitrogens with one attached hydrogen (secondary N) is 2. The van der Waals surface area contributed by atoms with E-state index in [1.165, 1.54) is 12.8 Å². The number of fused-ring (bicyclic) bond motifs is 1. The van der Waals surface area contributed by atoms with Crippen molar-refractivity contribution in [3.63, 3.8) is 0 Å². The fourth-order valence-electron chi connectivity index (χ4n) is 3.63. The van der Waals surface area contributed by atoms with Crippen LogP contribution in [0.4, 0.5) is 0 Å². The molecule has 148 valence electrons. The lowest BCUT2D eigenvalue weighted by Gasteiger charge is -2.26. The fourth-order valence-corrected chi connectivity index (χ4v) is 3.63. The Kier molecular flexibility index (Phi) is 5.86. The molecule has 0 radical (unpaired) electrons. The van der Waals surface area contributed by atoms with Crippen LogP contribution in [-0.2, 0) is 6.54 Å². The Labute approximate surface area is 164 Å². The van der Waals surface area contributed by atoms with Crippen molar-refractivity contribution in [2.45, 2.75) is 32.4 Å². The number of rotatable bonds is 7. The van der Waals surface area contributed by atoms with E-state index < -0.39 is 0 Å². The second kappa shape index (κ2) is 8.88. The molecular formula is C20H27N7O. The minimum atomic E-state index is 0.204. The Morgan fingerprint density at radius 3 is 2.86 bits per heavy atom. The van der Waals surface area contributed by atoms with Crippen LogP contribution in [0.15, 0.2) is 52.2 Å². The van der Waals surface area contributed by atoms with Crippen LogP contribution >= 0.6 is 0 Å². The second-order valence-electron chi connectivity index (χ2n) is 6.90. The van der Waals surface area contributed by atoms with Gasteiger partial charge in [-0.3, -0.25) is 9.30 Å². The third-order valence-corrected chi connectivity index (χ3v) is 5.02. The summed E-state index contributed by atoms with van der Waals surface area (Å²) in [5.74, 6) is 2.58. The van der Waals surface area contributed by atoms with E-state index >= 15 is 0 Å². The normalized spacial score (nSPS) is 16.5. The third kappa shape index (κ3) is 4.17. The van der Waals surface area contributed by atoms with Crippen molar-refractivity contribution in [1.82, 2.24) is 30.1 Å². The van der Waals surface area contributed by atoms with Gasteiger partial charge < -0.3 is 15.1 Å². The lowest BCUT2D eigenvalue weighted by atomic mass is 10.2. The Bertz CT molecular complexity index is 896. The van der Waals surface area contributed by atoms with Gasteiger partial charge in [0.2, 0.25) is 0 Å². The van der Waals surface area contributed by atoms with Crippen molar-refractivity contribution in [3.8, 4) is 0 Å². The first-order chi connectivity index (χ1) is 13.8. The van der Waals surface area contributed by atoms with Gasteiger partial charge >= 0.3 is 0 Å². The summed E-state index contributed by atoms with van der Waals surface area (Å²) >= 11 is 0. The average molecular weight is 381 g/mol. The quantitative estimate of drug-likeness (QED) is 0.482. The highest BCUT2D eigenvalue weighted by Gasteiger charge is 2.25. The Hall–Kier alpha value is -2.87. The number of guanidine groups is 1. The van der Waals surface area contributed by atoms with Crippen molar-refractivity contribution in [2.24, 2.45) is 4.99 Å². The van der Waals surface area contributed by atoms with E-state index in [9.17, 15) is 0 Å². The number of aromatic nitrogens is 3. The van der Waals surface area contributed by atoms with E-state index in [-0.39, 0.29) is 6.04 Å². The number of hydrogen-bond acceptors (Lipinski definition) is 5. The fraction of sp³-hybridized carbons (Fsp3) is 0.450. The zero-order valence-electron chi connectivity index (χ0n) is 16.2. The standard InChI is InChI=1S/C20H27N7O/c1-2-21-20(23-15-19-25-24-18-9-3-4-12-27(18)19)22-14-16(17-8-7-13-28-17)26-10-5-6-11-26/h3-4,7-9,12-13,16H,2,5-6,10-11,14-15H2,1H3,(H2,21,22,23). The minimum absolute atomic E-state index is 0.204. The molecule has 1 aliphatic rings. The van der Waals surface area contributed by atoms with Crippen molar-refractivity contribution in [1.29, 1.82) is 0 Å². The maximum atomic E-state index is 5.70. The third-order valence-electron chi connectivity index (χ3n) is 5.02. The summed E-state index contributed by atoms with van der Waals surface area (Å²) in [6.07, 6.45) is 6.19. The van der Waals surface area contributed by atoms with Crippen molar-refractivity contribution in [2.75, 3.05) is 26.2 Å². The van der Waals surface area contributed by atoms with Crippen LogP contribution in [0.5, 0.6) is 0 Å². The molecule has 1 saturated heterocycles.